The minimum Gasteiger partial charge on any atom is -0.493 e. The highest BCUT2D eigenvalue weighted by molar-refractivity contribution is 7.99. The summed E-state index contributed by atoms with van der Waals surface area (Å²) in [5.41, 5.74) is 2.38. The number of nitrogens with zero attached hydrogens (tertiary/aromatic N) is 4. The van der Waals surface area contributed by atoms with E-state index < -0.39 is 6.23 Å². The molecular formula is C27H32N4O5S. The third-order valence-corrected chi connectivity index (χ3v) is 7.00. The monoisotopic (exact) mass is 524 g/mol. The van der Waals surface area contributed by atoms with Crippen molar-refractivity contribution in [1.29, 1.82) is 0 Å². The van der Waals surface area contributed by atoms with Crippen LogP contribution in [-0.4, -0.2) is 48.2 Å². The van der Waals surface area contributed by atoms with Crippen LogP contribution in [0, 0.1) is 0 Å². The summed E-state index contributed by atoms with van der Waals surface area (Å²) in [6, 6.07) is 11.0. The molecule has 1 aromatic heterocycles. The number of unbranched alkanes of at least 4 members (excludes halogenated alkanes) is 3. The van der Waals surface area contributed by atoms with Crippen LogP contribution in [0.3, 0.4) is 0 Å². The second-order valence-corrected chi connectivity index (χ2v) is 9.52. The summed E-state index contributed by atoms with van der Waals surface area (Å²) in [6.45, 7) is 3.68. The summed E-state index contributed by atoms with van der Waals surface area (Å²) in [5.74, 6) is 2.26. The second kappa shape index (κ2) is 12.1. The van der Waals surface area contributed by atoms with Crippen LogP contribution >= 0.6 is 11.8 Å². The first-order valence-corrected chi connectivity index (χ1v) is 13.2. The van der Waals surface area contributed by atoms with E-state index in [9.17, 15) is 4.79 Å². The summed E-state index contributed by atoms with van der Waals surface area (Å²) < 4.78 is 23.3. The van der Waals surface area contributed by atoms with Gasteiger partial charge < -0.3 is 18.9 Å². The summed E-state index contributed by atoms with van der Waals surface area (Å²) in [7, 11) is 4.62. The lowest BCUT2D eigenvalue weighted by atomic mass is 10.1. The highest BCUT2D eigenvalue weighted by Gasteiger charge is 2.37. The smallest absolute Gasteiger partial charge is 0.247 e. The van der Waals surface area contributed by atoms with Crippen LogP contribution in [0.4, 0.5) is 5.69 Å². The van der Waals surface area contributed by atoms with E-state index in [4.69, 9.17) is 23.9 Å². The van der Waals surface area contributed by atoms with E-state index in [2.05, 4.69) is 17.1 Å². The fourth-order valence-electron chi connectivity index (χ4n) is 4.33. The van der Waals surface area contributed by atoms with Gasteiger partial charge in [-0.05, 0) is 24.6 Å². The number of aromatic nitrogens is 3. The molecule has 0 bridgehead atoms. The number of carbonyl (C=O) groups is 1. The average molecular weight is 525 g/mol. The first-order chi connectivity index (χ1) is 18.0. The van der Waals surface area contributed by atoms with Gasteiger partial charge in [0.1, 0.15) is 0 Å². The molecule has 0 aliphatic carbocycles. The van der Waals surface area contributed by atoms with Gasteiger partial charge in [-0.15, -0.1) is 10.2 Å². The number of fused-ring (bicyclic) bond motifs is 3. The van der Waals surface area contributed by atoms with Crippen LogP contribution < -0.4 is 23.8 Å². The fraction of sp³-hybridized carbons (Fsp3) is 0.407. The minimum absolute atomic E-state index is 0.222. The summed E-state index contributed by atoms with van der Waals surface area (Å²) in [4.78, 5) is 19.4. The molecule has 1 aliphatic heterocycles. The van der Waals surface area contributed by atoms with Crippen molar-refractivity contribution >= 4 is 23.4 Å². The predicted octanol–water partition coefficient (Wildman–Crippen LogP) is 5.68. The van der Waals surface area contributed by atoms with Gasteiger partial charge in [0.05, 0.1) is 32.6 Å². The van der Waals surface area contributed by atoms with Crippen molar-refractivity contribution in [3.8, 4) is 34.4 Å². The number of ether oxygens (including phenoxy) is 4. The number of para-hydroxylation sites is 1. The van der Waals surface area contributed by atoms with Crippen LogP contribution in [0.1, 0.15) is 51.3 Å². The Morgan fingerprint density at radius 1 is 1.00 bits per heavy atom. The van der Waals surface area contributed by atoms with Crippen molar-refractivity contribution in [2.75, 3.05) is 32.0 Å². The SMILES string of the molecule is CCCCCCSc1nnc2c(n1)O[C@H](c1ccc(OC)c(OC)c1OC)N(C(C)=O)c1ccccc1-2. The first kappa shape index (κ1) is 26.5. The maximum Gasteiger partial charge on any atom is 0.247 e. The van der Waals surface area contributed by atoms with E-state index in [1.165, 1.54) is 40.4 Å². The number of rotatable bonds is 10. The maximum absolute atomic E-state index is 13.1. The molecule has 1 aliphatic rings. The maximum atomic E-state index is 13.1. The van der Waals surface area contributed by atoms with Gasteiger partial charge in [0.15, 0.2) is 17.2 Å². The Labute approximate surface area is 221 Å². The number of carbonyl (C=O) groups excluding carboxylic acids is 1. The predicted molar refractivity (Wildman–Crippen MR) is 143 cm³/mol. The number of hydrogen-bond donors (Lipinski definition) is 0. The molecule has 4 rings (SSSR count). The second-order valence-electron chi connectivity index (χ2n) is 8.46. The Hall–Kier alpha value is -3.53. The van der Waals surface area contributed by atoms with Gasteiger partial charge in [0, 0.05) is 18.2 Å². The lowest BCUT2D eigenvalue weighted by Crippen LogP contribution is -2.36. The molecule has 37 heavy (non-hydrogen) atoms. The fourth-order valence-corrected chi connectivity index (χ4v) is 5.10. The lowest BCUT2D eigenvalue weighted by molar-refractivity contribution is -0.118. The van der Waals surface area contributed by atoms with Gasteiger partial charge in [-0.3, -0.25) is 9.69 Å². The van der Waals surface area contributed by atoms with E-state index in [1.807, 2.05) is 24.3 Å². The van der Waals surface area contributed by atoms with E-state index >= 15 is 0 Å². The topological polar surface area (TPSA) is 95.9 Å². The zero-order chi connectivity index (χ0) is 26.4. The Bertz CT molecular complexity index is 1260. The zero-order valence-corrected chi connectivity index (χ0v) is 22.6. The molecule has 0 unspecified atom stereocenters. The normalized spacial score (nSPS) is 14.2. The number of anilines is 1. The van der Waals surface area contributed by atoms with Crippen LogP contribution in [0.25, 0.3) is 11.3 Å². The summed E-state index contributed by atoms with van der Waals surface area (Å²) in [5, 5.41) is 9.38. The molecule has 0 radical (unpaired) electrons. The van der Waals surface area contributed by atoms with Crippen molar-refractivity contribution in [2.24, 2.45) is 0 Å². The van der Waals surface area contributed by atoms with Gasteiger partial charge in [-0.2, -0.15) is 4.98 Å². The molecule has 9 nitrogen and oxygen atoms in total. The van der Waals surface area contributed by atoms with E-state index in [1.54, 1.807) is 35.9 Å². The van der Waals surface area contributed by atoms with Crippen molar-refractivity contribution in [2.45, 2.75) is 50.9 Å². The number of hydrogen-bond acceptors (Lipinski definition) is 9. The molecule has 10 heteroatoms. The molecule has 0 saturated carbocycles. The molecule has 1 atom stereocenters. The van der Waals surface area contributed by atoms with Gasteiger partial charge in [-0.1, -0.05) is 56.1 Å². The van der Waals surface area contributed by atoms with Gasteiger partial charge in [0.25, 0.3) is 0 Å². The van der Waals surface area contributed by atoms with Gasteiger partial charge in [-0.25, -0.2) is 0 Å². The molecule has 0 fully saturated rings. The lowest BCUT2D eigenvalue weighted by Gasteiger charge is -2.31. The Morgan fingerprint density at radius 2 is 1.78 bits per heavy atom. The van der Waals surface area contributed by atoms with Crippen molar-refractivity contribution in [3.05, 3.63) is 42.0 Å². The number of amides is 1. The largest absolute Gasteiger partial charge is 0.493 e. The van der Waals surface area contributed by atoms with Crippen LogP contribution in [0.15, 0.2) is 41.6 Å². The van der Waals surface area contributed by atoms with Crippen molar-refractivity contribution in [3.63, 3.8) is 0 Å². The molecular weight excluding hydrogens is 492 g/mol. The Kier molecular flexibility index (Phi) is 8.70. The number of thioether (sulfide) groups is 1. The Balaban J connectivity index is 1.83. The molecule has 1 amide bonds. The van der Waals surface area contributed by atoms with Crippen LogP contribution in [0.5, 0.6) is 23.1 Å². The first-order valence-electron chi connectivity index (χ1n) is 12.3. The Morgan fingerprint density at radius 3 is 2.49 bits per heavy atom. The molecule has 3 aromatic rings. The quantitative estimate of drug-likeness (QED) is 0.245. The van der Waals surface area contributed by atoms with E-state index in [-0.39, 0.29) is 5.91 Å². The highest BCUT2D eigenvalue weighted by atomic mass is 32.2. The standard InChI is InChI=1S/C27H32N4O5S/c1-6-7-8-11-16-37-27-28-25-22(29-30-27)18-12-9-10-13-20(18)31(17(2)32)26(36-25)19-14-15-21(33-3)24(35-5)23(19)34-4/h9-10,12-15,26H,6-8,11,16H2,1-5H3/t26-/m1/s1. The van der Waals surface area contributed by atoms with E-state index in [0.717, 1.165) is 12.2 Å². The molecule has 196 valence electrons. The van der Waals surface area contributed by atoms with Crippen LogP contribution in [0.2, 0.25) is 0 Å². The average Bonchev–Trinajstić information content (AvgIpc) is 3.06. The highest BCUT2D eigenvalue weighted by Crippen LogP contribution is 2.48. The zero-order valence-electron chi connectivity index (χ0n) is 21.8. The summed E-state index contributed by atoms with van der Waals surface area (Å²) >= 11 is 1.55. The number of methoxy groups -OCH3 is 3. The number of benzene rings is 2. The molecule has 2 heterocycles. The van der Waals surface area contributed by atoms with Crippen molar-refractivity contribution < 1.29 is 23.7 Å². The molecule has 0 saturated heterocycles. The van der Waals surface area contributed by atoms with E-state index in [0.29, 0.717) is 50.8 Å². The third-order valence-electron chi connectivity index (χ3n) is 6.08. The van der Waals surface area contributed by atoms with Gasteiger partial charge >= 0.3 is 0 Å². The minimum atomic E-state index is -0.909. The van der Waals surface area contributed by atoms with Crippen molar-refractivity contribution in [1.82, 2.24) is 15.2 Å². The molecule has 0 spiro atoms. The third kappa shape index (κ3) is 5.44. The molecule has 0 N–H and O–H groups in total. The van der Waals surface area contributed by atoms with Crippen LogP contribution in [-0.2, 0) is 4.79 Å². The molecule has 2 aromatic carbocycles. The van der Waals surface area contributed by atoms with Gasteiger partial charge in [0.2, 0.25) is 28.9 Å². The summed E-state index contributed by atoms with van der Waals surface area (Å²) in [6.07, 6.45) is 3.73.